The molecule has 2 N–H and O–H groups in total. The van der Waals surface area contributed by atoms with Gasteiger partial charge >= 0.3 is 0 Å². The fourth-order valence-electron chi connectivity index (χ4n) is 1.36. The molecule has 0 amide bonds. The minimum Gasteiger partial charge on any atom is -0.396 e. The van der Waals surface area contributed by atoms with E-state index in [1.807, 2.05) is 0 Å². The van der Waals surface area contributed by atoms with Crippen LogP contribution in [0.3, 0.4) is 0 Å². The predicted octanol–water partition coefficient (Wildman–Crippen LogP) is 3.77. The highest BCUT2D eigenvalue weighted by molar-refractivity contribution is 9.13. The average Bonchev–Trinajstić information content (AvgIpc) is 2.57. The van der Waals surface area contributed by atoms with Crippen molar-refractivity contribution in [3.05, 3.63) is 19.2 Å². The molecular weight excluding hydrogens is 354 g/mol. The maximum absolute atomic E-state index is 8.87. The molecule has 0 bridgehead atoms. The number of rotatable bonds is 7. The van der Waals surface area contributed by atoms with Crippen LogP contribution < -0.4 is 5.32 Å². The second kappa shape index (κ2) is 7.82. The summed E-state index contributed by atoms with van der Waals surface area (Å²) in [4.78, 5) is 1.33. The van der Waals surface area contributed by atoms with Crippen molar-refractivity contribution in [2.24, 2.45) is 5.92 Å². The third-order valence-electron chi connectivity index (χ3n) is 2.36. The van der Waals surface area contributed by atoms with Crippen molar-refractivity contribution >= 4 is 43.2 Å². The van der Waals surface area contributed by atoms with Crippen LogP contribution in [0.15, 0.2) is 14.3 Å². The Morgan fingerprint density at radius 1 is 1.50 bits per heavy atom. The number of nitrogens with one attached hydrogen (secondary N) is 1. The van der Waals surface area contributed by atoms with Crippen LogP contribution in [0.5, 0.6) is 0 Å². The van der Waals surface area contributed by atoms with Gasteiger partial charge in [-0.05, 0) is 63.2 Å². The highest BCUT2D eigenvalue weighted by Gasteiger charge is 2.03. The summed E-state index contributed by atoms with van der Waals surface area (Å²) in [7, 11) is 0. The second-order valence-corrected chi connectivity index (χ2v) is 7.25. The summed E-state index contributed by atoms with van der Waals surface area (Å²) >= 11 is 8.71. The average molecular weight is 371 g/mol. The van der Waals surface area contributed by atoms with Gasteiger partial charge in [0.25, 0.3) is 0 Å². The first-order valence-corrected chi connectivity index (χ1v) is 7.79. The van der Waals surface area contributed by atoms with E-state index in [2.05, 4.69) is 50.2 Å². The minimum atomic E-state index is 0.296. The van der Waals surface area contributed by atoms with Crippen LogP contribution in [0, 0.1) is 5.92 Å². The van der Waals surface area contributed by atoms with Gasteiger partial charge in [0.05, 0.1) is 3.79 Å². The normalized spacial score (nSPS) is 13.0. The third kappa shape index (κ3) is 5.27. The van der Waals surface area contributed by atoms with Crippen molar-refractivity contribution in [2.45, 2.75) is 26.3 Å². The molecule has 16 heavy (non-hydrogen) atoms. The van der Waals surface area contributed by atoms with E-state index in [0.717, 1.165) is 34.2 Å². The van der Waals surface area contributed by atoms with Crippen LogP contribution in [0.2, 0.25) is 0 Å². The van der Waals surface area contributed by atoms with E-state index in [1.54, 1.807) is 11.3 Å². The van der Waals surface area contributed by atoms with Crippen molar-refractivity contribution in [1.29, 1.82) is 0 Å². The van der Waals surface area contributed by atoms with E-state index in [0.29, 0.717) is 12.5 Å². The molecule has 0 spiro atoms. The molecule has 0 saturated heterocycles. The molecule has 1 unspecified atom stereocenters. The van der Waals surface area contributed by atoms with Crippen LogP contribution in [0.25, 0.3) is 0 Å². The Hall–Kier alpha value is 0.580. The van der Waals surface area contributed by atoms with Gasteiger partial charge in [-0.1, -0.05) is 6.92 Å². The zero-order chi connectivity index (χ0) is 12.0. The van der Waals surface area contributed by atoms with Gasteiger partial charge in [0.2, 0.25) is 0 Å². The first kappa shape index (κ1) is 14.6. The topological polar surface area (TPSA) is 32.3 Å². The van der Waals surface area contributed by atoms with Crippen LogP contribution >= 0.6 is 43.2 Å². The van der Waals surface area contributed by atoms with Crippen molar-refractivity contribution < 1.29 is 5.11 Å². The minimum absolute atomic E-state index is 0.296. The van der Waals surface area contributed by atoms with Gasteiger partial charge in [-0.25, -0.2) is 0 Å². The van der Waals surface area contributed by atoms with Crippen molar-refractivity contribution in [3.8, 4) is 0 Å². The largest absolute Gasteiger partial charge is 0.396 e. The van der Waals surface area contributed by atoms with Crippen LogP contribution in [0.4, 0.5) is 0 Å². The molecule has 0 aliphatic rings. The lowest BCUT2D eigenvalue weighted by atomic mass is 10.1. The summed E-state index contributed by atoms with van der Waals surface area (Å²) < 4.78 is 2.28. The smallest absolute Gasteiger partial charge is 0.0843 e. The quantitative estimate of drug-likeness (QED) is 0.716. The molecule has 0 aliphatic carbocycles. The first-order valence-electron chi connectivity index (χ1n) is 5.38. The van der Waals surface area contributed by atoms with E-state index < -0.39 is 0 Å². The second-order valence-electron chi connectivity index (χ2n) is 3.94. The number of aliphatic hydroxyl groups excluding tert-OH is 1. The zero-order valence-electron chi connectivity index (χ0n) is 9.30. The van der Waals surface area contributed by atoms with Gasteiger partial charge in [-0.15, -0.1) is 11.3 Å². The third-order valence-corrected chi connectivity index (χ3v) is 5.61. The van der Waals surface area contributed by atoms with Crippen LogP contribution in [-0.4, -0.2) is 18.3 Å². The summed E-state index contributed by atoms with van der Waals surface area (Å²) in [6.07, 6.45) is 2.21. The van der Waals surface area contributed by atoms with Crippen LogP contribution in [0.1, 0.15) is 24.6 Å². The number of hydrogen-bond acceptors (Lipinski definition) is 3. The van der Waals surface area contributed by atoms with Gasteiger partial charge in [0.1, 0.15) is 0 Å². The lowest BCUT2D eigenvalue weighted by Crippen LogP contribution is -2.15. The molecule has 92 valence electrons. The van der Waals surface area contributed by atoms with E-state index in [4.69, 9.17) is 5.11 Å². The molecule has 1 heterocycles. The molecule has 5 heteroatoms. The molecule has 1 aromatic heterocycles. The molecule has 1 atom stereocenters. The Kier molecular flexibility index (Phi) is 7.16. The molecule has 1 rings (SSSR count). The van der Waals surface area contributed by atoms with Crippen molar-refractivity contribution in [1.82, 2.24) is 5.32 Å². The van der Waals surface area contributed by atoms with Gasteiger partial charge in [-0.2, -0.15) is 0 Å². The van der Waals surface area contributed by atoms with Crippen LogP contribution in [-0.2, 0) is 6.54 Å². The Bertz CT molecular complexity index is 297. The fourth-order valence-corrected chi connectivity index (χ4v) is 3.50. The van der Waals surface area contributed by atoms with E-state index in [1.165, 1.54) is 4.88 Å². The number of hydrogen-bond donors (Lipinski definition) is 2. The van der Waals surface area contributed by atoms with Gasteiger partial charge in [0.15, 0.2) is 0 Å². The summed E-state index contributed by atoms with van der Waals surface area (Å²) in [5, 5.41) is 12.3. The lowest BCUT2D eigenvalue weighted by Gasteiger charge is -2.07. The lowest BCUT2D eigenvalue weighted by molar-refractivity contribution is 0.228. The van der Waals surface area contributed by atoms with Crippen molar-refractivity contribution in [2.75, 3.05) is 13.2 Å². The van der Waals surface area contributed by atoms with Gasteiger partial charge in [-0.3, -0.25) is 0 Å². The molecule has 2 nitrogen and oxygen atoms in total. The zero-order valence-corrected chi connectivity index (χ0v) is 13.3. The van der Waals surface area contributed by atoms with E-state index in [-0.39, 0.29) is 0 Å². The Morgan fingerprint density at radius 2 is 2.25 bits per heavy atom. The molecular formula is C11H17Br2NOS. The number of thiophene rings is 1. The SMILES string of the molecule is CC(CO)CCCNCc1cc(Br)c(Br)s1. The molecule has 0 aromatic carbocycles. The molecule has 0 saturated carbocycles. The number of halogens is 2. The summed E-state index contributed by atoms with van der Waals surface area (Å²) in [6.45, 7) is 4.30. The van der Waals surface area contributed by atoms with Gasteiger partial charge in [0, 0.05) is 22.5 Å². The summed E-state index contributed by atoms with van der Waals surface area (Å²) in [6, 6.07) is 2.14. The maximum Gasteiger partial charge on any atom is 0.0843 e. The monoisotopic (exact) mass is 369 g/mol. The number of aliphatic hydroxyl groups is 1. The predicted molar refractivity (Wildman–Crippen MR) is 76.9 cm³/mol. The molecule has 0 fully saturated rings. The highest BCUT2D eigenvalue weighted by atomic mass is 79.9. The van der Waals surface area contributed by atoms with Crippen molar-refractivity contribution in [3.63, 3.8) is 0 Å². The summed E-state index contributed by atoms with van der Waals surface area (Å²) in [5.74, 6) is 0.423. The molecule has 0 aliphatic heterocycles. The summed E-state index contributed by atoms with van der Waals surface area (Å²) in [5.41, 5.74) is 0. The fraction of sp³-hybridized carbons (Fsp3) is 0.636. The highest BCUT2D eigenvalue weighted by Crippen LogP contribution is 2.32. The molecule has 1 aromatic rings. The van der Waals surface area contributed by atoms with E-state index >= 15 is 0 Å². The Labute approximate surface area is 118 Å². The van der Waals surface area contributed by atoms with Gasteiger partial charge < -0.3 is 10.4 Å². The Balaban J connectivity index is 2.11. The molecule has 0 radical (unpaired) electrons. The maximum atomic E-state index is 8.87. The van der Waals surface area contributed by atoms with E-state index in [9.17, 15) is 0 Å². The first-order chi connectivity index (χ1) is 7.63. The Morgan fingerprint density at radius 3 is 2.81 bits per heavy atom. The standard InChI is InChI=1S/C11H17Br2NOS/c1-8(7-15)3-2-4-14-6-9-5-10(12)11(13)16-9/h5,8,14-15H,2-4,6-7H2,1H3.